The maximum Gasteiger partial charge on any atom is 0.00696 e. The standard InChI is InChI=1S/C13H28N2/c1-11(7-8-14)4-3-9-15-13-6-5-12(2)10-13/h11-13,15H,3-10,14H2,1-2H3. The average molecular weight is 212 g/mol. The predicted molar refractivity (Wildman–Crippen MR) is 66.9 cm³/mol. The molecule has 0 heterocycles. The van der Waals surface area contributed by atoms with Crippen LogP contribution in [0.1, 0.15) is 52.4 Å². The van der Waals surface area contributed by atoms with Crippen molar-refractivity contribution in [3.05, 3.63) is 0 Å². The van der Waals surface area contributed by atoms with Gasteiger partial charge in [-0.1, -0.05) is 13.8 Å². The smallest absolute Gasteiger partial charge is 0.00696 e. The van der Waals surface area contributed by atoms with E-state index < -0.39 is 0 Å². The molecular weight excluding hydrogens is 184 g/mol. The van der Waals surface area contributed by atoms with Crippen LogP contribution in [0.3, 0.4) is 0 Å². The van der Waals surface area contributed by atoms with Gasteiger partial charge in [-0.25, -0.2) is 0 Å². The molecule has 1 aliphatic carbocycles. The lowest BCUT2D eigenvalue weighted by Crippen LogP contribution is -2.27. The Morgan fingerprint density at radius 3 is 2.73 bits per heavy atom. The second-order valence-electron chi connectivity index (χ2n) is 5.39. The molecule has 3 atom stereocenters. The molecule has 0 saturated heterocycles. The highest BCUT2D eigenvalue weighted by molar-refractivity contribution is 4.78. The molecule has 0 aromatic rings. The van der Waals surface area contributed by atoms with E-state index in [1.165, 1.54) is 45.1 Å². The van der Waals surface area contributed by atoms with Crippen LogP contribution in [0.4, 0.5) is 0 Å². The highest BCUT2D eigenvalue weighted by Crippen LogP contribution is 2.24. The van der Waals surface area contributed by atoms with Crippen molar-refractivity contribution in [2.75, 3.05) is 13.1 Å². The lowest BCUT2D eigenvalue weighted by atomic mass is 10.0. The zero-order valence-electron chi connectivity index (χ0n) is 10.5. The topological polar surface area (TPSA) is 38.0 Å². The predicted octanol–water partition coefficient (Wildman–Crippen LogP) is 2.53. The van der Waals surface area contributed by atoms with Crippen LogP contribution in [-0.2, 0) is 0 Å². The number of hydrogen-bond acceptors (Lipinski definition) is 2. The summed E-state index contributed by atoms with van der Waals surface area (Å²) in [6, 6.07) is 0.810. The van der Waals surface area contributed by atoms with Gasteiger partial charge in [-0.3, -0.25) is 0 Å². The van der Waals surface area contributed by atoms with Gasteiger partial charge in [0.15, 0.2) is 0 Å². The highest BCUT2D eigenvalue weighted by Gasteiger charge is 2.20. The molecule has 0 aromatic carbocycles. The van der Waals surface area contributed by atoms with Gasteiger partial charge in [0.1, 0.15) is 0 Å². The molecule has 2 heteroatoms. The Labute approximate surface area is 95.0 Å². The molecule has 15 heavy (non-hydrogen) atoms. The number of nitrogens with two attached hydrogens (primary N) is 1. The first kappa shape index (κ1) is 13.0. The van der Waals surface area contributed by atoms with E-state index in [0.717, 1.165) is 24.4 Å². The van der Waals surface area contributed by atoms with Gasteiger partial charge in [-0.2, -0.15) is 0 Å². The molecule has 3 unspecified atom stereocenters. The summed E-state index contributed by atoms with van der Waals surface area (Å²) < 4.78 is 0. The monoisotopic (exact) mass is 212 g/mol. The second kappa shape index (κ2) is 7.24. The maximum absolute atomic E-state index is 5.53. The van der Waals surface area contributed by atoms with Crippen molar-refractivity contribution in [3.63, 3.8) is 0 Å². The third kappa shape index (κ3) is 5.53. The molecule has 90 valence electrons. The van der Waals surface area contributed by atoms with Crippen molar-refractivity contribution < 1.29 is 0 Å². The molecule has 0 aliphatic heterocycles. The molecule has 0 radical (unpaired) electrons. The highest BCUT2D eigenvalue weighted by atomic mass is 14.9. The van der Waals surface area contributed by atoms with E-state index in [0.29, 0.717) is 0 Å². The van der Waals surface area contributed by atoms with E-state index in [1.807, 2.05) is 0 Å². The summed E-state index contributed by atoms with van der Waals surface area (Å²) in [5, 5.41) is 3.68. The normalized spacial score (nSPS) is 28.2. The van der Waals surface area contributed by atoms with Crippen molar-refractivity contribution in [1.29, 1.82) is 0 Å². The fourth-order valence-corrected chi connectivity index (χ4v) is 2.58. The van der Waals surface area contributed by atoms with Gasteiger partial charge < -0.3 is 11.1 Å². The van der Waals surface area contributed by atoms with Gasteiger partial charge in [-0.05, 0) is 63.5 Å². The first-order valence-electron chi connectivity index (χ1n) is 6.65. The summed E-state index contributed by atoms with van der Waals surface area (Å²) in [5.41, 5.74) is 5.53. The van der Waals surface area contributed by atoms with Crippen LogP contribution in [0.15, 0.2) is 0 Å². The Morgan fingerprint density at radius 1 is 1.33 bits per heavy atom. The van der Waals surface area contributed by atoms with Crippen molar-refractivity contribution in [2.45, 2.75) is 58.4 Å². The summed E-state index contributed by atoms with van der Waals surface area (Å²) in [5.74, 6) is 1.75. The molecule has 3 N–H and O–H groups in total. The SMILES string of the molecule is CC(CCN)CCCNC1CCC(C)C1. The van der Waals surface area contributed by atoms with Crippen LogP contribution in [-0.4, -0.2) is 19.1 Å². The van der Waals surface area contributed by atoms with Crippen LogP contribution in [0.2, 0.25) is 0 Å². The van der Waals surface area contributed by atoms with E-state index in [2.05, 4.69) is 19.2 Å². The Morgan fingerprint density at radius 2 is 2.13 bits per heavy atom. The maximum atomic E-state index is 5.53. The fraction of sp³-hybridized carbons (Fsp3) is 1.00. The van der Waals surface area contributed by atoms with Gasteiger partial charge in [-0.15, -0.1) is 0 Å². The third-order valence-corrected chi connectivity index (χ3v) is 3.66. The van der Waals surface area contributed by atoms with E-state index in [-0.39, 0.29) is 0 Å². The van der Waals surface area contributed by atoms with Gasteiger partial charge in [0, 0.05) is 6.04 Å². The minimum absolute atomic E-state index is 0.805. The van der Waals surface area contributed by atoms with E-state index in [1.54, 1.807) is 0 Å². The summed E-state index contributed by atoms with van der Waals surface area (Å²) in [7, 11) is 0. The van der Waals surface area contributed by atoms with Crippen LogP contribution in [0, 0.1) is 11.8 Å². The Hall–Kier alpha value is -0.0800. The van der Waals surface area contributed by atoms with E-state index in [4.69, 9.17) is 5.73 Å². The molecule has 1 rings (SSSR count). The molecule has 1 aliphatic rings. The Bertz CT molecular complexity index is 159. The molecule has 0 spiro atoms. The lowest BCUT2D eigenvalue weighted by molar-refractivity contribution is 0.441. The van der Waals surface area contributed by atoms with Crippen molar-refractivity contribution in [3.8, 4) is 0 Å². The molecule has 0 bridgehead atoms. The van der Waals surface area contributed by atoms with Crippen molar-refractivity contribution >= 4 is 0 Å². The molecule has 0 amide bonds. The van der Waals surface area contributed by atoms with Crippen molar-refractivity contribution in [1.82, 2.24) is 5.32 Å². The minimum Gasteiger partial charge on any atom is -0.330 e. The molecule has 1 saturated carbocycles. The molecule has 1 fully saturated rings. The Balaban J connectivity index is 1.92. The van der Waals surface area contributed by atoms with Crippen LogP contribution in [0.25, 0.3) is 0 Å². The van der Waals surface area contributed by atoms with Gasteiger partial charge in [0.2, 0.25) is 0 Å². The summed E-state index contributed by atoms with van der Waals surface area (Å²) in [4.78, 5) is 0. The number of hydrogen-bond donors (Lipinski definition) is 2. The first-order chi connectivity index (χ1) is 7.22. The second-order valence-corrected chi connectivity index (χ2v) is 5.39. The Kier molecular flexibility index (Phi) is 6.26. The van der Waals surface area contributed by atoms with Crippen LogP contribution >= 0.6 is 0 Å². The quantitative estimate of drug-likeness (QED) is 0.636. The zero-order valence-corrected chi connectivity index (χ0v) is 10.5. The third-order valence-electron chi connectivity index (χ3n) is 3.66. The molecule has 0 aromatic heterocycles. The van der Waals surface area contributed by atoms with Crippen LogP contribution in [0.5, 0.6) is 0 Å². The lowest BCUT2D eigenvalue weighted by Gasteiger charge is -2.14. The van der Waals surface area contributed by atoms with Crippen molar-refractivity contribution in [2.24, 2.45) is 17.6 Å². The van der Waals surface area contributed by atoms with Gasteiger partial charge in [0.05, 0.1) is 0 Å². The largest absolute Gasteiger partial charge is 0.330 e. The summed E-state index contributed by atoms with van der Waals surface area (Å²) >= 11 is 0. The van der Waals surface area contributed by atoms with E-state index >= 15 is 0 Å². The molecule has 2 nitrogen and oxygen atoms in total. The van der Waals surface area contributed by atoms with Crippen LogP contribution < -0.4 is 11.1 Å². The minimum atomic E-state index is 0.805. The number of nitrogens with one attached hydrogen (secondary N) is 1. The van der Waals surface area contributed by atoms with Gasteiger partial charge in [0.25, 0.3) is 0 Å². The summed E-state index contributed by atoms with van der Waals surface area (Å²) in [6.07, 6.45) is 8.01. The first-order valence-corrected chi connectivity index (χ1v) is 6.65. The summed E-state index contributed by atoms with van der Waals surface area (Å²) in [6.45, 7) is 6.72. The molecular formula is C13H28N2. The number of rotatable bonds is 7. The van der Waals surface area contributed by atoms with Gasteiger partial charge >= 0.3 is 0 Å². The van der Waals surface area contributed by atoms with E-state index in [9.17, 15) is 0 Å². The average Bonchev–Trinajstić information content (AvgIpc) is 2.60. The fourth-order valence-electron chi connectivity index (χ4n) is 2.58. The zero-order chi connectivity index (χ0) is 11.1.